The maximum atomic E-state index is 12.1. The van der Waals surface area contributed by atoms with E-state index in [9.17, 15) is 14.7 Å². The van der Waals surface area contributed by atoms with Gasteiger partial charge in [0.05, 0.1) is 16.6 Å². The van der Waals surface area contributed by atoms with Crippen LogP contribution in [0.1, 0.15) is 32.1 Å². The van der Waals surface area contributed by atoms with Gasteiger partial charge in [0.25, 0.3) is 5.91 Å². The number of benzene rings is 2. The first-order valence-corrected chi connectivity index (χ1v) is 7.73. The second-order valence-corrected chi connectivity index (χ2v) is 5.78. The number of H-pyrrole nitrogens is 1. The lowest BCUT2D eigenvalue weighted by atomic mass is 10.1. The molecular formula is C18H17N3O4. The molecule has 0 radical (unpaired) electrons. The van der Waals surface area contributed by atoms with E-state index in [1.54, 1.807) is 0 Å². The number of nitrogens with one attached hydrogen (secondary N) is 2. The third kappa shape index (κ3) is 3.77. The largest absolute Gasteiger partial charge is 0.508 e. The van der Waals surface area contributed by atoms with Crippen molar-refractivity contribution in [1.29, 1.82) is 0 Å². The highest BCUT2D eigenvalue weighted by Gasteiger charge is 2.12. The van der Waals surface area contributed by atoms with Crippen LogP contribution in [0.25, 0.3) is 11.0 Å². The normalized spacial score (nSPS) is 10.8. The van der Waals surface area contributed by atoms with Gasteiger partial charge in [-0.15, -0.1) is 0 Å². The van der Waals surface area contributed by atoms with Gasteiger partial charge in [-0.3, -0.25) is 4.79 Å². The third-order valence-corrected chi connectivity index (χ3v) is 3.76. The molecule has 0 aliphatic rings. The first-order chi connectivity index (χ1) is 11.9. The molecule has 0 spiro atoms. The summed E-state index contributed by atoms with van der Waals surface area (Å²) in [6.07, 6.45) is 0.504. The standard InChI is InChI=1S/C18H17N3O4/c1-10-2-3-14-15(6-10)21-16(20-14)4-5-19-17(23)11-7-12(18(24)25)9-13(22)8-11/h2-3,6-9,22H,4-5H2,1H3,(H,19,23)(H,20,21)(H,24,25). The molecule has 1 amide bonds. The van der Waals surface area contributed by atoms with E-state index in [4.69, 9.17) is 5.11 Å². The Balaban J connectivity index is 1.65. The number of aromatic nitrogens is 2. The summed E-state index contributed by atoms with van der Waals surface area (Å²) < 4.78 is 0. The Morgan fingerprint density at radius 3 is 2.68 bits per heavy atom. The molecule has 0 aliphatic carbocycles. The summed E-state index contributed by atoms with van der Waals surface area (Å²) in [6.45, 7) is 2.33. The number of carboxylic acids is 1. The molecule has 128 valence electrons. The highest BCUT2D eigenvalue weighted by molar-refractivity contribution is 5.98. The highest BCUT2D eigenvalue weighted by atomic mass is 16.4. The van der Waals surface area contributed by atoms with Gasteiger partial charge in [0.15, 0.2) is 0 Å². The number of imidazole rings is 1. The molecule has 0 fully saturated rings. The van der Waals surface area contributed by atoms with E-state index in [0.29, 0.717) is 13.0 Å². The fourth-order valence-electron chi connectivity index (χ4n) is 2.56. The molecule has 0 atom stereocenters. The minimum atomic E-state index is -1.21. The lowest BCUT2D eigenvalue weighted by Crippen LogP contribution is -2.26. The molecule has 2 aromatic carbocycles. The van der Waals surface area contributed by atoms with Crippen LogP contribution >= 0.6 is 0 Å². The van der Waals surface area contributed by atoms with Crippen LogP contribution in [-0.4, -0.2) is 38.6 Å². The van der Waals surface area contributed by atoms with Crippen molar-refractivity contribution in [3.8, 4) is 5.75 Å². The van der Waals surface area contributed by atoms with E-state index in [-0.39, 0.29) is 16.9 Å². The molecule has 3 rings (SSSR count). The summed E-state index contributed by atoms with van der Waals surface area (Å²) in [5, 5.41) is 21.2. The van der Waals surface area contributed by atoms with Gasteiger partial charge >= 0.3 is 5.97 Å². The summed E-state index contributed by atoms with van der Waals surface area (Å²) in [6, 6.07) is 9.47. The smallest absolute Gasteiger partial charge is 0.335 e. The Morgan fingerprint density at radius 1 is 1.16 bits per heavy atom. The monoisotopic (exact) mass is 339 g/mol. The number of fused-ring (bicyclic) bond motifs is 1. The molecule has 0 aliphatic heterocycles. The van der Waals surface area contributed by atoms with Crippen LogP contribution in [0.4, 0.5) is 0 Å². The minimum Gasteiger partial charge on any atom is -0.508 e. The predicted octanol–water partition coefficient (Wildman–Crippen LogP) is 2.25. The van der Waals surface area contributed by atoms with Crippen LogP contribution < -0.4 is 5.32 Å². The highest BCUT2D eigenvalue weighted by Crippen LogP contribution is 2.16. The van der Waals surface area contributed by atoms with Gasteiger partial charge in [0.2, 0.25) is 0 Å². The minimum absolute atomic E-state index is 0.0950. The number of amides is 1. The summed E-state index contributed by atoms with van der Waals surface area (Å²) in [4.78, 5) is 30.8. The van der Waals surface area contributed by atoms with Crippen molar-refractivity contribution in [2.45, 2.75) is 13.3 Å². The summed E-state index contributed by atoms with van der Waals surface area (Å²) in [5.74, 6) is -1.17. The first-order valence-electron chi connectivity index (χ1n) is 7.73. The number of aromatic hydroxyl groups is 1. The van der Waals surface area contributed by atoms with E-state index >= 15 is 0 Å². The van der Waals surface area contributed by atoms with E-state index in [1.165, 1.54) is 12.1 Å². The van der Waals surface area contributed by atoms with Crippen molar-refractivity contribution in [3.05, 3.63) is 58.9 Å². The van der Waals surface area contributed by atoms with Crippen LogP contribution in [-0.2, 0) is 6.42 Å². The Kier molecular flexibility index (Phi) is 4.38. The Morgan fingerprint density at radius 2 is 1.92 bits per heavy atom. The topological polar surface area (TPSA) is 115 Å². The van der Waals surface area contributed by atoms with Crippen LogP contribution in [0.5, 0.6) is 5.75 Å². The lowest BCUT2D eigenvalue weighted by Gasteiger charge is -2.06. The molecular weight excluding hydrogens is 322 g/mol. The van der Waals surface area contributed by atoms with E-state index in [1.807, 2.05) is 25.1 Å². The van der Waals surface area contributed by atoms with Crippen LogP contribution in [0.2, 0.25) is 0 Å². The molecule has 1 aromatic heterocycles. The number of carbonyl (C=O) groups is 2. The predicted molar refractivity (Wildman–Crippen MR) is 91.9 cm³/mol. The average molecular weight is 339 g/mol. The molecule has 25 heavy (non-hydrogen) atoms. The Labute approximate surface area is 143 Å². The molecule has 0 unspecified atom stereocenters. The SMILES string of the molecule is Cc1ccc2nc(CCNC(=O)c3cc(O)cc(C(=O)O)c3)[nH]c2c1. The van der Waals surface area contributed by atoms with Gasteiger partial charge in [-0.2, -0.15) is 0 Å². The fraction of sp³-hybridized carbons (Fsp3) is 0.167. The number of carboxylic acid groups (broad SMARTS) is 1. The van der Waals surface area contributed by atoms with Crippen molar-refractivity contribution >= 4 is 22.9 Å². The lowest BCUT2D eigenvalue weighted by molar-refractivity contribution is 0.0696. The van der Waals surface area contributed by atoms with Crippen molar-refractivity contribution in [2.24, 2.45) is 0 Å². The summed E-state index contributed by atoms with van der Waals surface area (Å²) in [5.41, 5.74) is 2.90. The number of aromatic carboxylic acids is 1. The van der Waals surface area contributed by atoms with Crippen molar-refractivity contribution in [3.63, 3.8) is 0 Å². The van der Waals surface area contributed by atoms with Gasteiger partial charge in [0, 0.05) is 18.5 Å². The van der Waals surface area contributed by atoms with Crippen LogP contribution in [0.15, 0.2) is 36.4 Å². The van der Waals surface area contributed by atoms with E-state index in [0.717, 1.165) is 28.5 Å². The van der Waals surface area contributed by atoms with E-state index in [2.05, 4.69) is 15.3 Å². The van der Waals surface area contributed by atoms with Crippen molar-refractivity contribution in [1.82, 2.24) is 15.3 Å². The number of hydrogen-bond donors (Lipinski definition) is 4. The van der Waals surface area contributed by atoms with Crippen molar-refractivity contribution < 1.29 is 19.8 Å². The second-order valence-electron chi connectivity index (χ2n) is 5.78. The maximum absolute atomic E-state index is 12.1. The maximum Gasteiger partial charge on any atom is 0.335 e. The number of carbonyl (C=O) groups excluding carboxylic acids is 1. The third-order valence-electron chi connectivity index (χ3n) is 3.76. The number of hydrogen-bond acceptors (Lipinski definition) is 4. The molecule has 0 saturated carbocycles. The van der Waals surface area contributed by atoms with Crippen molar-refractivity contribution in [2.75, 3.05) is 6.54 Å². The number of phenols is 1. The molecule has 0 saturated heterocycles. The zero-order valence-corrected chi connectivity index (χ0v) is 13.5. The Hall–Kier alpha value is -3.35. The van der Waals surface area contributed by atoms with Gasteiger partial charge < -0.3 is 20.5 Å². The molecule has 1 heterocycles. The quantitative estimate of drug-likeness (QED) is 0.569. The number of rotatable bonds is 5. The molecule has 4 N–H and O–H groups in total. The molecule has 0 bridgehead atoms. The second kappa shape index (κ2) is 6.64. The number of aromatic amines is 1. The van der Waals surface area contributed by atoms with Gasteiger partial charge in [0.1, 0.15) is 11.6 Å². The molecule has 3 aromatic rings. The average Bonchev–Trinajstić information content (AvgIpc) is 2.95. The number of aryl methyl sites for hydroxylation is 1. The fourth-order valence-corrected chi connectivity index (χ4v) is 2.56. The first kappa shape index (κ1) is 16.5. The van der Waals surface area contributed by atoms with Gasteiger partial charge in [-0.05, 0) is 42.8 Å². The summed E-state index contributed by atoms with van der Waals surface area (Å²) in [7, 11) is 0. The Bertz CT molecular complexity index is 962. The van der Waals surface area contributed by atoms with Crippen LogP contribution in [0, 0.1) is 6.92 Å². The summed E-state index contributed by atoms with van der Waals surface area (Å²) >= 11 is 0. The van der Waals surface area contributed by atoms with Gasteiger partial charge in [-0.25, -0.2) is 9.78 Å². The number of phenolic OH excluding ortho intramolecular Hbond substituents is 1. The molecule has 7 nitrogen and oxygen atoms in total. The van der Waals surface area contributed by atoms with E-state index < -0.39 is 11.9 Å². The van der Waals surface area contributed by atoms with Crippen LogP contribution in [0.3, 0.4) is 0 Å². The number of nitrogens with zero attached hydrogens (tertiary/aromatic N) is 1. The van der Waals surface area contributed by atoms with Gasteiger partial charge in [-0.1, -0.05) is 6.07 Å². The molecule has 7 heteroatoms. The zero-order valence-electron chi connectivity index (χ0n) is 13.5. The zero-order chi connectivity index (χ0) is 18.0.